The summed E-state index contributed by atoms with van der Waals surface area (Å²) in [6, 6.07) is 7.14. The molecule has 0 unspecified atom stereocenters. The summed E-state index contributed by atoms with van der Waals surface area (Å²) in [5.41, 5.74) is -0.376. The third-order valence-corrected chi connectivity index (χ3v) is 3.97. The minimum Gasteiger partial charge on any atom is -0.406 e. The number of alkyl halides is 3. The van der Waals surface area contributed by atoms with Crippen LogP contribution in [0, 0.1) is 17.5 Å². The van der Waals surface area contributed by atoms with E-state index >= 15 is 0 Å². The van der Waals surface area contributed by atoms with Gasteiger partial charge in [-0.25, -0.2) is 18.2 Å². The van der Waals surface area contributed by atoms with E-state index in [4.69, 9.17) is 5.11 Å². The number of aliphatic hydroxyl groups is 1. The summed E-state index contributed by atoms with van der Waals surface area (Å²) in [6.07, 6.45) is -4.56. The second kappa shape index (κ2) is 9.73. The SMILES string of the molecule is OCCCNc1nc(Nc2c(F)cc(F)cc2F)cc(-c2cccc(OC(F)(F)F)c2)n1. The molecule has 0 saturated carbocycles. The van der Waals surface area contributed by atoms with Gasteiger partial charge in [-0.3, -0.25) is 0 Å². The predicted octanol–water partition coefficient (Wildman–Crippen LogP) is 5.00. The van der Waals surface area contributed by atoms with Gasteiger partial charge in [-0.05, 0) is 18.6 Å². The van der Waals surface area contributed by atoms with Gasteiger partial charge in [-0.15, -0.1) is 13.2 Å². The fourth-order valence-corrected chi connectivity index (χ4v) is 2.66. The van der Waals surface area contributed by atoms with Gasteiger partial charge in [0.2, 0.25) is 5.95 Å². The highest BCUT2D eigenvalue weighted by Crippen LogP contribution is 2.30. The van der Waals surface area contributed by atoms with E-state index in [-0.39, 0.29) is 36.2 Å². The van der Waals surface area contributed by atoms with Crippen molar-refractivity contribution in [3.05, 3.63) is 59.9 Å². The third-order valence-electron chi connectivity index (χ3n) is 3.97. The van der Waals surface area contributed by atoms with Gasteiger partial charge in [-0.1, -0.05) is 12.1 Å². The number of nitrogens with zero attached hydrogens (tertiary/aromatic N) is 2. The molecule has 0 aliphatic heterocycles. The van der Waals surface area contributed by atoms with Crippen LogP contribution in [0.1, 0.15) is 6.42 Å². The molecule has 0 amide bonds. The first-order chi connectivity index (χ1) is 15.1. The Labute approximate surface area is 177 Å². The Morgan fingerprint density at radius 1 is 0.969 bits per heavy atom. The minimum absolute atomic E-state index is 0.0245. The van der Waals surface area contributed by atoms with Crippen LogP contribution in [0.5, 0.6) is 5.75 Å². The maximum Gasteiger partial charge on any atom is 0.573 e. The number of hydrogen-bond acceptors (Lipinski definition) is 6. The van der Waals surface area contributed by atoms with Crippen LogP contribution in [0.2, 0.25) is 0 Å². The van der Waals surface area contributed by atoms with Crippen molar-refractivity contribution in [1.82, 2.24) is 9.97 Å². The van der Waals surface area contributed by atoms with Crippen molar-refractivity contribution in [3.63, 3.8) is 0 Å². The molecule has 2 aromatic carbocycles. The van der Waals surface area contributed by atoms with Gasteiger partial charge in [0.15, 0.2) is 11.6 Å². The largest absolute Gasteiger partial charge is 0.573 e. The Hall–Kier alpha value is -3.54. The number of rotatable bonds is 8. The Morgan fingerprint density at radius 3 is 2.34 bits per heavy atom. The first-order valence-electron chi connectivity index (χ1n) is 9.16. The number of nitrogens with one attached hydrogen (secondary N) is 2. The summed E-state index contributed by atoms with van der Waals surface area (Å²) in [6.45, 7) is 0.122. The highest BCUT2D eigenvalue weighted by atomic mass is 19.4. The summed E-state index contributed by atoms with van der Waals surface area (Å²) < 4.78 is 82.7. The van der Waals surface area contributed by atoms with Gasteiger partial charge in [0, 0.05) is 36.9 Å². The van der Waals surface area contributed by atoms with E-state index in [0.29, 0.717) is 18.6 Å². The fourth-order valence-electron chi connectivity index (χ4n) is 2.66. The molecule has 0 saturated heterocycles. The number of halogens is 6. The quantitative estimate of drug-likeness (QED) is 0.326. The smallest absolute Gasteiger partial charge is 0.406 e. The van der Waals surface area contributed by atoms with E-state index in [1.54, 1.807) is 0 Å². The van der Waals surface area contributed by atoms with Gasteiger partial charge >= 0.3 is 6.36 Å². The zero-order valence-electron chi connectivity index (χ0n) is 16.2. The van der Waals surface area contributed by atoms with Gasteiger partial charge in [-0.2, -0.15) is 4.98 Å². The molecule has 0 radical (unpaired) electrons. The Kier molecular flexibility index (Phi) is 7.03. The van der Waals surface area contributed by atoms with Crippen LogP contribution in [-0.4, -0.2) is 34.6 Å². The van der Waals surface area contributed by atoms with Crippen LogP contribution >= 0.6 is 0 Å². The molecule has 3 N–H and O–H groups in total. The van der Waals surface area contributed by atoms with Crippen molar-refractivity contribution in [2.45, 2.75) is 12.8 Å². The summed E-state index contributed by atoms with van der Waals surface area (Å²) in [4.78, 5) is 8.24. The molecule has 6 nitrogen and oxygen atoms in total. The fraction of sp³-hybridized carbons (Fsp3) is 0.200. The molecular weight excluding hydrogens is 442 g/mol. The topological polar surface area (TPSA) is 79.3 Å². The van der Waals surface area contributed by atoms with Crippen molar-refractivity contribution in [3.8, 4) is 17.0 Å². The average Bonchev–Trinajstić information content (AvgIpc) is 2.70. The van der Waals surface area contributed by atoms with E-state index in [2.05, 4.69) is 25.3 Å². The number of aromatic nitrogens is 2. The molecule has 1 heterocycles. The Bertz CT molecular complexity index is 1070. The molecule has 3 aromatic rings. The summed E-state index contributed by atoms with van der Waals surface area (Å²) in [5, 5.41) is 14.1. The van der Waals surface area contributed by atoms with E-state index in [9.17, 15) is 26.3 Å². The lowest BCUT2D eigenvalue weighted by Gasteiger charge is -2.13. The number of aliphatic hydroxyl groups excluding tert-OH is 1. The van der Waals surface area contributed by atoms with E-state index < -0.39 is 35.3 Å². The zero-order valence-corrected chi connectivity index (χ0v) is 16.2. The van der Waals surface area contributed by atoms with Crippen molar-refractivity contribution >= 4 is 17.5 Å². The first kappa shape index (κ1) is 23.1. The molecule has 3 rings (SSSR count). The molecule has 0 aliphatic rings. The lowest BCUT2D eigenvalue weighted by Crippen LogP contribution is -2.17. The van der Waals surface area contributed by atoms with Gasteiger partial charge in [0.1, 0.15) is 23.1 Å². The molecule has 0 spiro atoms. The highest BCUT2D eigenvalue weighted by Gasteiger charge is 2.31. The number of benzene rings is 2. The highest BCUT2D eigenvalue weighted by molar-refractivity contribution is 5.68. The van der Waals surface area contributed by atoms with Gasteiger partial charge in [0.05, 0.1) is 5.69 Å². The second-order valence-corrected chi connectivity index (χ2v) is 6.41. The minimum atomic E-state index is -4.90. The maximum absolute atomic E-state index is 14.0. The molecule has 0 atom stereocenters. The first-order valence-corrected chi connectivity index (χ1v) is 9.16. The van der Waals surface area contributed by atoms with E-state index in [0.717, 1.165) is 12.1 Å². The van der Waals surface area contributed by atoms with Crippen molar-refractivity contribution in [1.29, 1.82) is 0 Å². The van der Waals surface area contributed by atoms with Crippen molar-refractivity contribution in [2.75, 3.05) is 23.8 Å². The van der Waals surface area contributed by atoms with Gasteiger partial charge < -0.3 is 20.5 Å². The average molecular weight is 458 g/mol. The summed E-state index contributed by atoms with van der Waals surface area (Å²) >= 11 is 0. The molecule has 0 aliphatic carbocycles. The van der Waals surface area contributed by atoms with E-state index in [1.165, 1.54) is 18.2 Å². The van der Waals surface area contributed by atoms with Crippen LogP contribution in [-0.2, 0) is 0 Å². The normalized spacial score (nSPS) is 11.3. The number of hydrogen-bond donors (Lipinski definition) is 3. The molecule has 1 aromatic heterocycles. The summed E-state index contributed by atoms with van der Waals surface area (Å²) in [5.74, 6) is -4.16. The zero-order chi connectivity index (χ0) is 23.3. The Balaban J connectivity index is 1.99. The van der Waals surface area contributed by atoms with Crippen LogP contribution in [0.4, 0.5) is 43.8 Å². The monoisotopic (exact) mass is 458 g/mol. The van der Waals surface area contributed by atoms with Crippen LogP contribution < -0.4 is 15.4 Å². The van der Waals surface area contributed by atoms with E-state index in [1.807, 2.05) is 0 Å². The van der Waals surface area contributed by atoms with Gasteiger partial charge in [0.25, 0.3) is 0 Å². The van der Waals surface area contributed by atoms with Crippen LogP contribution in [0.25, 0.3) is 11.3 Å². The van der Waals surface area contributed by atoms with Crippen molar-refractivity contribution in [2.24, 2.45) is 0 Å². The van der Waals surface area contributed by atoms with Crippen LogP contribution in [0.3, 0.4) is 0 Å². The molecule has 12 heteroatoms. The molecule has 170 valence electrons. The second-order valence-electron chi connectivity index (χ2n) is 6.41. The Morgan fingerprint density at radius 2 is 1.69 bits per heavy atom. The van der Waals surface area contributed by atoms with Crippen LogP contribution in [0.15, 0.2) is 42.5 Å². The maximum atomic E-state index is 14.0. The standard InChI is InChI=1S/C20H16F6N4O2/c21-12-8-14(22)18(15(23)9-12)29-17-10-16(28-19(30-17)27-5-2-6-31)11-3-1-4-13(7-11)32-20(24,25)26/h1,3-4,7-10,31H,2,5-6H2,(H2,27,28,29,30). The summed E-state index contributed by atoms with van der Waals surface area (Å²) in [7, 11) is 0. The lowest BCUT2D eigenvalue weighted by molar-refractivity contribution is -0.274. The molecule has 0 bridgehead atoms. The van der Waals surface area contributed by atoms with Crippen molar-refractivity contribution < 1.29 is 36.2 Å². The molecule has 0 fully saturated rings. The number of anilines is 3. The third kappa shape index (κ3) is 6.23. The molecule has 32 heavy (non-hydrogen) atoms. The molecular formula is C20H16F6N4O2. The predicted molar refractivity (Wildman–Crippen MR) is 104 cm³/mol. The number of ether oxygens (including phenoxy) is 1. The lowest BCUT2D eigenvalue weighted by atomic mass is 10.1.